The van der Waals surface area contributed by atoms with Crippen molar-refractivity contribution in [3.8, 4) is 0 Å². The molecule has 1 fully saturated rings. The summed E-state index contributed by atoms with van der Waals surface area (Å²) in [4.78, 5) is 2.38. The van der Waals surface area contributed by atoms with Gasteiger partial charge in [-0.3, -0.25) is 0 Å². The maximum atomic E-state index is 12.9. The van der Waals surface area contributed by atoms with Gasteiger partial charge in [-0.2, -0.15) is 4.31 Å². The number of nitrogens with zero attached hydrogens (tertiary/aromatic N) is 2. The van der Waals surface area contributed by atoms with Crippen LogP contribution in [0.4, 0.5) is 0 Å². The minimum Gasteiger partial charge on any atom is -0.301 e. The van der Waals surface area contributed by atoms with Crippen LogP contribution in [0.25, 0.3) is 0 Å². The first kappa shape index (κ1) is 17.0. The molecule has 118 valence electrons. The van der Waals surface area contributed by atoms with Crippen molar-refractivity contribution in [3.05, 3.63) is 27.2 Å². The van der Waals surface area contributed by atoms with Crippen LogP contribution in [0.3, 0.4) is 0 Å². The van der Waals surface area contributed by atoms with Crippen LogP contribution in [-0.2, 0) is 10.0 Å². The number of halogens is 2. The Balaban J connectivity index is 2.42. The third-order valence-corrected chi connectivity index (χ3v) is 7.03. The Labute approximate surface area is 136 Å². The molecule has 2 rings (SSSR count). The number of benzene rings is 1. The SMILES string of the molecule is CCN1CCN(S(=O)(=O)c2c(C)c(Cl)cc(C)c2Cl)CC1. The van der Waals surface area contributed by atoms with Gasteiger partial charge in [0.15, 0.2) is 0 Å². The molecule has 0 spiro atoms. The van der Waals surface area contributed by atoms with E-state index in [1.807, 2.05) is 0 Å². The quantitative estimate of drug-likeness (QED) is 0.841. The van der Waals surface area contributed by atoms with E-state index in [0.717, 1.165) is 19.6 Å². The fourth-order valence-corrected chi connectivity index (χ4v) is 5.13. The van der Waals surface area contributed by atoms with E-state index in [-0.39, 0.29) is 9.92 Å². The predicted molar refractivity (Wildman–Crippen MR) is 86.8 cm³/mol. The van der Waals surface area contributed by atoms with Gasteiger partial charge in [0.25, 0.3) is 0 Å². The maximum absolute atomic E-state index is 12.9. The number of hydrogen-bond donors (Lipinski definition) is 0. The Morgan fingerprint density at radius 3 is 2.24 bits per heavy atom. The van der Waals surface area contributed by atoms with Crippen LogP contribution in [-0.4, -0.2) is 50.3 Å². The van der Waals surface area contributed by atoms with E-state index in [1.165, 1.54) is 4.31 Å². The molecule has 0 bridgehead atoms. The minimum atomic E-state index is -3.61. The molecule has 1 aromatic rings. The molecule has 1 aliphatic rings. The summed E-state index contributed by atoms with van der Waals surface area (Å²) in [6, 6.07) is 1.70. The summed E-state index contributed by atoms with van der Waals surface area (Å²) in [6.45, 7) is 8.92. The average Bonchev–Trinajstić information content (AvgIpc) is 2.45. The predicted octanol–water partition coefficient (Wildman–Crippen LogP) is 2.94. The second-order valence-electron chi connectivity index (χ2n) is 5.28. The van der Waals surface area contributed by atoms with Gasteiger partial charge in [-0.15, -0.1) is 0 Å². The molecule has 0 unspecified atom stereocenters. The van der Waals surface area contributed by atoms with Gasteiger partial charge in [0, 0.05) is 31.2 Å². The summed E-state index contributed by atoms with van der Waals surface area (Å²) in [6.07, 6.45) is 0. The smallest absolute Gasteiger partial charge is 0.244 e. The van der Waals surface area contributed by atoms with Crippen LogP contribution in [0.2, 0.25) is 10.0 Å². The van der Waals surface area contributed by atoms with Crippen LogP contribution < -0.4 is 0 Å². The zero-order chi connectivity index (χ0) is 15.8. The van der Waals surface area contributed by atoms with E-state index < -0.39 is 10.0 Å². The first-order chi connectivity index (χ1) is 9.78. The summed E-state index contributed by atoms with van der Waals surface area (Å²) in [5.74, 6) is 0. The maximum Gasteiger partial charge on any atom is 0.244 e. The minimum absolute atomic E-state index is 0.152. The molecule has 1 heterocycles. The van der Waals surface area contributed by atoms with Crippen LogP contribution in [0, 0.1) is 13.8 Å². The summed E-state index contributed by atoms with van der Waals surface area (Å²) >= 11 is 12.4. The Morgan fingerprint density at radius 1 is 1.14 bits per heavy atom. The summed E-state index contributed by atoms with van der Waals surface area (Å²) in [5.41, 5.74) is 1.20. The van der Waals surface area contributed by atoms with Crippen molar-refractivity contribution in [3.63, 3.8) is 0 Å². The normalized spacial score (nSPS) is 18.1. The topological polar surface area (TPSA) is 40.6 Å². The van der Waals surface area contributed by atoms with E-state index in [4.69, 9.17) is 23.2 Å². The van der Waals surface area contributed by atoms with Crippen molar-refractivity contribution in [1.29, 1.82) is 0 Å². The zero-order valence-electron chi connectivity index (χ0n) is 12.5. The highest BCUT2D eigenvalue weighted by atomic mass is 35.5. The lowest BCUT2D eigenvalue weighted by Gasteiger charge is -2.33. The third kappa shape index (κ3) is 3.22. The Morgan fingerprint density at radius 2 is 1.71 bits per heavy atom. The van der Waals surface area contributed by atoms with Gasteiger partial charge in [0.1, 0.15) is 4.90 Å². The summed E-state index contributed by atoms with van der Waals surface area (Å²) in [5, 5.41) is 0.706. The number of hydrogen-bond acceptors (Lipinski definition) is 3. The lowest BCUT2D eigenvalue weighted by molar-refractivity contribution is 0.196. The molecule has 7 heteroatoms. The second-order valence-corrected chi connectivity index (χ2v) is 7.94. The second kappa shape index (κ2) is 6.42. The van der Waals surface area contributed by atoms with E-state index in [0.29, 0.717) is 29.2 Å². The van der Waals surface area contributed by atoms with Crippen LogP contribution in [0.15, 0.2) is 11.0 Å². The van der Waals surface area contributed by atoms with E-state index in [1.54, 1.807) is 19.9 Å². The van der Waals surface area contributed by atoms with Crippen molar-refractivity contribution in [2.45, 2.75) is 25.7 Å². The van der Waals surface area contributed by atoms with Crippen molar-refractivity contribution in [2.24, 2.45) is 0 Å². The molecule has 0 aromatic heterocycles. The van der Waals surface area contributed by atoms with Gasteiger partial charge in [-0.05, 0) is 37.6 Å². The highest BCUT2D eigenvalue weighted by Crippen LogP contribution is 2.35. The highest BCUT2D eigenvalue weighted by Gasteiger charge is 2.32. The van der Waals surface area contributed by atoms with Gasteiger partial charge >= 0.3 is 0 Å². The van der Waals surface area contributed by atoms with E-state index in [9.17, 15) is 8.42 Å². The molecular formula is C14H20Cl2N2O2S. The van der Waals surface area contributed by atoms with Gasteiger partial charge < -0.3 is 4.90 Å². The Kier molecular flexibility index (Phi) is 5.21. The molecule has 0 amide bonds. The molecule has 1 aromatic carbocycles. The Bertz CT molecular complexity index is 613. The molecule has 1 aliphatic heterocycles. The molecule has 0 N–H and O–H groups in total. The number of aryl methyl sites for hydroxylation is 1. The first-order valence-corrected chi connectivity index (χ1v) is 9.16. The standard InChI is InChI=1S/C14H20Cl2N2O2S/c1-4-17-5-7-18(8-6-17)21(19,20)14-11(3)12(15)9-10(2)13(14)16/h9H,4-8H2,1-3H3. The number of sulfonamides is 1. The van der Waals surface area contributed by atoms with Gasteiger partial charge in [-0.25, -0.2) is 8.42 Å². The Hall–Kier alpha value is -0.330. The summed E-state index contributed by atoms with van der Waals surface area (Å²) in [7, 11) is -3.61. The zero-order valence-corrected chi connectivity index (χ0v) is 14.8. The monoisotopic (exact) mass is 350 g/mol. The molecule has 0 aliphatic carbocycles. The van der Waals surface area contributed by atoms with E-state index in [2.05, 4.69) is 11.8 Å². The molecular weight excluding hydrogens is 331 g/mol. The van der Waals surface area contributed by atoms with E-state index >= 15 is 0 Å². The molecule has 4 nitrogen and oxygen atoms in total. The van der Waals surface area contributed by atoms with Crippen LogP contribution >= 0.6 is 23.2 Å². The molecule has 1 saturated heterocycles. The fraction of sp³-hybridized carbons (Fsp3) is 0.571. The average molecular weight is 351 g/mol. The molecule has 0 saturated carbocycles. The van der Waals surface area contributed by atoms with Gasteiger partial charge in [-0.1, -0.05) is 30.1 Å². The van der Waals surface area contributed by atoms with Crippen LogP contribution in [0.5, 0.6) is 0 Å². The fourth-order valence-electron chi connectivity index (χ4n) is 2.54. The van der Waals surface area contributed by atoms with Crippen LogP contribution in [0.1, 0.15) is 18.1 Å². The van der Waals surface area contributed by atoms with Crippen molar-refractivity contribution < 1.29 is 8.42 Å². The van der Waals surface area contributed by atoms with Crippen molar-refractivity contribution in [2.75, 3.05) is 32.7 Å². The third-order valence-electron chi connectivity index (χ3n) is 3.96. The highest BCUT2D eigenvalue weighted by molar-refractivity contribution is 7.89. The molecule has 21 heavy (non-hydrogen) atoms. The number of likely N-dealkylation sites (N-methyl/N-ethyl adjacent to an activating group) is 1. The largest absolute Gasteiger partial charge is 0.301 e. The molecule has 0 atom stereocenters. The lowest BCUT2D eigenvalue weighted by atomic mass is 10.2. The van der Waals surface area contributed by atoms with Gasteiger partial charge in [0.2, 0.25) is 10.0 Å². The van der Waals surface area contributed by atoms with Crippen molar-refractivity contribution >= 4 is 33.2 Å². The van der Waals surface area contributed by atoms with Gasteiger partial charge in [0.05, 0.1) is 5.02 Å². The summed E-state index contributed by atoms with van der Waals surface area (Å²) < 4.78 is 27.3. The molecule has 0 radical (unpaired) electrons. The first-order valence-electron chi connectivity index (χ1n) is 6.96. The number of rotatable bonds is 3. The number of piperazine rings is 1. The lowest BCUT2D eigenvalue weighted by Crippen LogP contribution is -2.48. The van der Waals surface area contributed by atoms with Crippen molar-refractivity contribution in [1.82, 2.24) is 9.21 Å².